The Morgan fingerprint density at radius 3 is 2.47 bits per heavy atom. The second-order valence-corrected chi connectivity index (χ2v) is 6.19. The summed E-state index contributed by atoms with van der Waals surface area (Å²) in [5.74, 6) is 0. The normalized spacial score (nSPS) is 12.7. The highest BCUT2D eigenvalue weighted by Gasteiger charge is 2.13. The number of hydrogen-bond acceptors (Lipinski definition) is 2. The van der Waals surface area contributed by atoms with Crippen LogP contribution in [0.4, 0.5) is 0 Å². The first-order valence-corrected chi connectivity index (χ1v) is 7.27. The van der Waals surface area contributed by atoms with E-state index in [0.29, 0.717) is 0 Å². The van der Waals surface area contributed by atoms with Crippen LogP contribution in [-0.4, -0.2) is 7.05 Å². The van der Waals surface area contributed by atoms with Crippen molar-refractivity contribution in [1.82, 2.24) is 5.32 Å². The molecule has 0 spiro atoms. The fourth-order valence-electron chi connectivity index (χ4n) is 1.93. The molecule has 0 saturated carbocycles. The van der Waals surface area contributed by atoms with Gasteiger partial charge in [0.15, 0.2) is 0 Å². The molecule has 1 aromatic heterocycles. The molecule has 0 amide bonds. The van der Waals surface area contributed by atoms with Gasteiger partial charge in [-0.3, -0.25) is 0 Å². The summed E-state index contributed by atoms with van der Waals surface area (Å²) in [4.78, 5) is 1.35. The van der Waals surface area contributed by atoms with Gasteiger partial charge in [-0.25, -0.2) is 0 Å². The Balaban J connectivity index is 2.38. The molecule has 1 aromatic carbocycles. The quantitative estimate of drug-likeness (QED) is 0.884. The Morgan fingerprint density at radius 1 is 1.18 bits per heavy atom. The van der Waals surface area contributed by atoms with Crippen LogP contribution in [-0.2, 0) is 0 Å². The van der Waals surface area contributed by atoms with Gasteiger partial charge < -0.3 is 5.32 Å². The van der Waals surface area contributed by atoms with Crippen LogP contribution < -0.4 is 5.32 Å². The first kappa shape index (κ1) is 12.8. The van der Waals surface area contributed by atoms with Gasteiger partial charge in [-0.15, -0.1) is 11.3 Å². The third-order valence-electron chi connectivity index (χ3n) is 2.90. The van der Waals surface area contributed by atoms with Gasteiger partial charge in [0.05, 0.1) is 6.04 Å². The zero-order valence-electron chi connectivity index (χ0n) is 10.3. The molecule has 1 atom stereocenters. The fraction of sp³-hybridized carbons (Fsp3) is 0.286. The lowest BCUT2D eigenvalue weighted by Gasteiger charge is -2.16. The zero-order valence-corrected chi connectivity index (χ0v) is 12.7. The number of hydrogen-bond donors (Lipinski definition) is 1. The van der Waals surface area contributed by atoms with E-state index in [4.69, 9.17) is 0 Å². The van der Waals surface area contributed by atoms with Gasteiger partial charge in [0.1, 0.15) is 0 Å². The van der Waals surface area contributed by atoms with Crippen molar-refractivity contribution < 1.29 is 0 Å². The van der Waals surface area contributed by atoms with Gasteiger partial charge >= 0.3 is 0 Å². The highest BCUT2D eigenvalue weighted by Crippen LogP contribution is 2.28. The molecule has 1 nitrogen and oxygen atoms in total. The smallest absolute Gasteiger partial charge is 0.0582 e. The average Bonchev–Trinajstić information content (AvgIpc) is 2.71. The molecule has 0 radical (unpaired) electrons. The van der Waals surface area contributed by atoms with E-state index in [2.05, 4.69) is 64.7 Å². The SMILES string of the molecule is CNC(c1csc(C)c1)c1ccc(C)c(Br)c1. The topological polar surface area (TPSA) is 12.0 Å². The molecule has 0 fully saturated rings. The van der Waals surface area contributed by atoms with Crippen molar-refractivity contribution in [3.05, 3.63) is 55.7 Å². The van der Waals surface area contributed by atoms with Crippen LogP contribution in [0, 0.1) is 13.8 Å². The molecular formula is C14H16BrNS. The molecule has 0 aliphatic rings. The summed E-state index contributed by atoms with van der Waals surface area (Å²) >= 11 is 5.39. The lowest BCUT2D eigenvalue weighted by molar-refractivity contribution is 0.693. The van der Waals surface area contributed by atoms with Crippen molar-refractivity contribution in [2.75, 3.05) is 7.05 Å². The Morgan fingerprint density at radius 2 is 1.94 bits per heavy atom. The minimum Gasteiger partial charge on any atom is -0.309 e. The maximum atomic E-state index is 3.60. The molecule has 0 saturated heterocycles. The van der Waals surface area contributed by atoms with Crippen LogP contribution >= 0.6 is 27.3 Å². The Kier molecular flexibility index (Phi) is 4.02. The van der Waals surface area contributed by atoms with E-state index >= 15 is 0 Å². The van der Waals surface area contributed by atoms with Gasteiger partial charge in [0.25, 0.3) is 0 Å². The highest BCUT2D eigenvalue weighted by molar-refractivity contribution is 9.10. The van der Waals surface area contributed by atoms with E-state index in [1.165, 1.54) is 26.0 Å². The summed E-state index contributed by atoms with van der Waals surface area (Å²) in [6, 6.07) is 9.07. The van der Waals surface area contributed by atoms with Crippen molar-refractivity contribution in [3.8, 4) is 0 Å². The number of nitrogens with one attached hydrogen (secondary N) is 1. The predicted octanol–water partition coefficient (Wildman–Crippen LogP) is 4.44. The van der Waals surface area contributed by atoms with Crippen LogP contribution in [0.15, 0.2) is 34.1 Å². The molecule has 17 heavy (non-hydrogen) atoms. The van der Waals surface area contributed by atoms with Gasteiger partial charge in [-0.05, 0) is 55.1 Å². The molecular weight excluding hydrogens is 294 g/mol. The Labute approximate surface area is 115 Å². The molecule has 3 heteroatoms. The Bertz CT molecular complexity index is 519. The number of halogens is 1. The van der Waals surface area contributed by atoms with Crippen molar-refractivity contribution in [2.45, 2.75) is 19.9 Å². The minimum absolute atomic E-state index is 0.275. The van der Waals surface area contributed by atoms with Crippen molar-refractivity contribution in [2.24, 2.45) is 0 Å². The maximum Gasteiger partial charge on any atom is 0.0582 e. The molecule has 0 bridgehead atoms. The molecule has 90 valence electrons. The van der Waals surface area contributed by atoms with Crippen LogP contribution in [0.5, 0.6) is 0 Å². The summed E-state index contributed by atoms with van der Waals surface area (Å²) in [6.07, 6.45) is 0. The van der Waals surface area contributed by atoms with E-state index in [1.54, 1.807) is 11.3 Å². The van der Waals surface area contributed by atoms with E-state index in [1.807, 2.05) is 7.05 Å². The summed E-state index contributed by atoms with van der Waals surface area (Å²) < 4.78 is 1.17. The number of rotatable bonds is 3. The summed E-state index contributed by atoms with van der Waals surface area (Å²) in [5.41, 5.74) is 3.90. The zero-order chi connectivity index (χ0) is 12.4. The van der Waals surface area contributed by atoms with Gasteiger partial charge in [-0.1, -0.05) is 28.1 Å². The third kappa shape index (κ3) is 2.79. The van der Waals surface area contributed by atoms with Crippen LogP contribution in [0.25, 0.3) is 0 Å². The Hall–Kier alpha value is -0.640. The summed E-state index contributed by atoms with van der Waals surface area (Å²) in [7, 11) is 2.01. The first-order chi connectivity index (χ1) is 8.11. The number of benzene rings is 1. The standard InChI is InChI=1S/C14H16BrNS/c1-9-4-5-11(7-13(9)15)14(16-3)12-6-10(2)17-8-12/h4-8,14,16H,1-3H3. The molecule has 1 N–H and O–H groups in total. The second kappa shape index (κ2) is 5.34. The monoisotopic (exact) mass is 309 g/mol. The third-order valence-corrected chi connectivity index (χ3v) is 4.64. The van der Waals surface area contributed by atoms with Crippen LogP contribution in [0.1, 0.15) is 27.6 Å². The summed E-state index contributed by atoms with van der Waals surface area (Å²) in [6.45, 7) is 4.25. The summed E-state index contributed by atoms with van der Waals surface area (Å²) in [5, 5.41) is 5.61. The van der Waals surface area contributed by atoms with E-state index in [9.17, 15) is 0 Å². The molecule has 1 unspecified atom stereocenters. The van der Waals surface area contributed by atoms with Crippen molar-refractivity contribution in [1.29, 1.82) is 0 Å². The van der Waals surface area contributed by atoms with E-state index in [-0.39, 0.29) is 6.04 Å². The van der Waals surface area contributed by atoms with Gasteiger partial charge in [0.2, 0.25) is 0 Å². The number of aryl methyl sites for hydroxylation is 2. The lowest BCUT2D eigenvalue weighted by atomic mass is 10.00. The van der Waals surface area contributed by atoms with E-state index in [0.717, 1.165) is 0 Å². The molecule has 2 aromatic rings. The number of thiophene rings is 1. The fourth-order valence-corrected chi connectivity index (χ4v) is 3.06. The molecule has 0 aliphatic carbocycles. The lowest BCUT2D eigenvalue weighted by Crippen LogP contribution is -2.17. The van der Waals surface area contributed by atoms with Gasteiger partial charge in [-0.2, -0.15) is 0 Å². The molecule has 2 rings (SSSR count). The average molecular weight is 310 g/mol. The first-order valence-electron chi connectivity index (χ1n) is 5.60. The van der Waals surface area contributed by atoms with Crippen LogP contribution in [0.2, 0.25) is 0 Å². The minimum atomic E-state index is 0.275. The van der Waals surface area contributed by atoms with Crippen molar-refractivity contribution >= 4 is 27.3 Å². The largest absolute Gasteiger partial charge is 0.309 e. The second-order valence-electron chi connectivity index (χ2n) is 4.22. The van der Waals surface area contributed by atoms with Gasteiger partial charge in [0, 0.05) is 9.35 Å². The van der Waals surface area contributed by atoms with Crippen LogP contribution in [0.3, 0.4) is 0 Å². The molecule has 1 heterocycles. The maximum absolute atomic E-state index is 3.60. The highest BCUT2D eigenvalue weighted by atomic mass is 79.9. The molecule has 0 aliphatic heterocycles. The predicted molar refractivity (Wildman–Crippen MR) is 78.8 cm³/mol. The van der Waals surface area contributed by atoms with Crippen molar-refractivity contribution in [3.63, 3.8) is 0 Å². The van der Waals surface area contributed by atoms with E-state index < -0.39 is 0 Å².